The highest BCUT2D eigenvalue weighted by Crippen LogP contribution is 1.97. The van der Waals surface area contributed by atoms with Crippen molar-refractivity contribution in [3.8, 4) is 24.8 Å². The first-order valence-corrected chi connectivity index (χ1v) is 3.11. The van der Waals surface area contributed by atoms with Crippen molar-refractivity contribution < 1.29 is 4.79 Å². The number of terminal acetylenes is 2. The van der Waals surface area contributed by atoms with E-state index in [1.54, 1.807) is 0 Å². The van der Waals surface area contributed by atoms with E-state index in [1.165, 1.54) is 0 Å². The zero-order valence-corrected chi connectivity index (χ0v) is 5.49. The van der Waals surface area contributed by atoms with Crippen LogP contribution < -0.4 is 5.32 Å². The van der Waals surface area contributed by atoms with Crippen LogP contribution in [0.2, 0.25) is 0 Å². The summed E-state index contributed by atoms with van der Waals surface area (Å²) in [5.74, 6) is 2.65. The lowest BCUT2D eigenvalue weighted by Gasteiger charge is -1.89. The molecule has 0 saturated carbocycles. The van der Waals surface area contributed by atoms with Gasteiger partial charge < -0.3 is 0 Å². The molecule has 46 valence electrons. The van der Waals surface area contributed by atoms with Gasteiger partial charge in [0, 0.05) is 6.04 Å². The molecule has 0 heterocycles. The van der Waals surface area contributed by atoms with Gasteiger partial charge in [0.25, 0.3) is 5.24 Å². The highest BCUT2D eigenvalue weighted by Gasteiger charge is 1.94. The molecule has 0 aromatic rings. The molecule has 0 radical (unpaired) electrons. The number of amides is 1. The van der Waals surface area contributed by atoms with Gasteiger partial charge in [-0.25, -0.2) is 0 Å². The Hall–Kier alpha value is -1.06. The summed E-state index contributed by atoms with van der Waals surface area (Å²) in [5.41, 5.74) is 0. The van der Waals surface area contributed by atoms with Crippen LogP contribution in [0.4, 0.5) is 4.79 Å². The minimum Gasteiger partial charge on any atom is -0.276 e. The fraction of sp³-hybridized carbons (Fsp3) is 0.167. The third-order valence-corrected chi connectivity index (χ3v) is 1.14. The Morgan fingerprint density at radius 1 is 1.67 bits per heavy atom. The van der Waals surface area contributed by atoms with Crippen LogP contribution in [0, 0.1) is 24.8 Å². The van der Waals surface area contributed by atoms with Crippen LogP contribution in [-0.2, 0) is 0 Å². The van der Waals surface area contributed by atoms with Gasteiger partial charge in [0.05, 0.1) is 5.75 Å². The summed E-state index contributed by atoms with van der Waals surface area (Å²) in [6.07, 6.45) is 9.62. The van der Waals surface area contributed by atoms with E-state index in [1.807, 2.05) is 6.04 Å². The van der Waals surface area contributed by atoms with E-state index >= 15 is 0 Å². The number of hydrogen-bond acceptors (Lipinski definition) is 2. The molecule has 0 aliphatic rings. The molecule has 0 rings (SSSR count). The Morgan fingerprint density at radius 2 is 2.33 bits per heavy atom. The average Bonchev–Trinajstić information content (AvgIpc) is 1.85. The van der Waals surface area contributed by atoms with E-state index in [9.17, 15) is 4.79 Å². The molecule has 0 unspecified atom stereocenters. The number of carbonyl (C=O) groups excluding carboxylic acids is 1. The normalized spacial score (nSPS) is 6.89. The second-order valence-electron chi connectivity index (χ2n) is 1.05. The summed E-state index contributed by atoms with van der Waals surface area (Å²) in [5, 5.41) is 1.85. The molecule has 0 aliphatic carbocycles. The number of hydrogen-bond donors (Lipinski definition) is 1. The van der Waals surface area contributed by atoms with E-state index in [-0.39, 0.29) is 5.24 Å². The van der Waals surface area contributed by atoms with E-state index in [4.69, 9.17) is 12.8 Å². The standard InChI is InChI=1S/C6H5NOS/c1-3-5-9-6(8)7-4-2/h1-2H,5H2,(H,7,8). The quantitative estimate of drug-likeness (QED) is 0.427. The van der Waals surface area contributed by atoms with Gasteiger partial charge in [-0.1, -0.05) is 24.1 Å². The molecule has 0 saturated heterocycles. The van der Waals surface area contributed by atoms with E-state index in [0.717, 1.165) is 11.8 Å². The number of nitrogens with one attached hydrogen (secondary N) is 1. The van der Waals surface area contributed by atoms with Crippen molar-refractivity contribution in [1.82, 2.24) is 5.32 Å². The maximum absolute atomic E-state index is 10.4. The summed E-state index contributed by atoms with van der Waals surface area (Å²) in [6.45, 7) is 0. The lowest BCUT2D eigenvalue weighted by atomic mass is 10.8. The lowest BCUT2D eigenvalue weighted by Crippen LogP contribution is -2.10. The van der Waals surface area contributed by atoms with Gasteiger partial charge in [-0.15, -0.1) is 6.42 Å². The molecule has 0 aromatic heterocycles. The fourth-order valence-corrected chi connectivity index (χ4v) is 0.548. The molecule has 0 spiro atoms. The molecular formula is C6H5NOS. The summed E-state index contributed by atoms with van der Waals surface area (Å²) in [6, 6.07) is 1.99. The molecule has 1 amide bonds. The first-order chi connectivity index (χ1) is 4.31. The molecule has 0 aromatic carbocycles. The third kappa shape index (κ3) is 4.80. The molecule has 0 bridgehead atoms. The minimum atomic E-state index is -0.282. The predicted molar refractivity (Wildman–Crippen MR) is 38.7 cm³/mol. The largest absolute Gasteiger partial charge is 0.291 e. The number of thioether (sulfide) groups is 1. The monoisotopic (exact) mass is 139 g/mol. The fourth-order valence-electron chi connectivity index (χ4n) is 0.202. The second-order valence-corrected chi connectivity index (χ2v) is 2.00. The highest BCUT2D eigenvalue weighted by atomic mass is 32.2. The van der Waals surface area contributed by atoms with Crippen molar-refractivity contribution in [2.24, 2.45) is 0 Å². The SMILES string of the molecule is C#CCSC(=O)NC#C. The first-order valence-electron chi connectivity index (χ1n) is 2.13. The van der Waals surface area contributed by atoms with E-state index in [0.29, 0.717) is 5.75 Å². The Bertz CT molecular complexity index is 174. The van der Waals surface area contributed by atoms with Crippen LogP contribution in [0.1, 0.15) is 0 Å². The van der Waals surface area contributed by atoms with Gasteiger partial charge in [0.2, 0.25) is 0 Å². The maximum atomic E-state index is 10.4. The van der Waals surface area contributed by atoms with Crippen molar-refractivity contribution >= 4 is 17.0 Å². The predicted octanol–water partition coefficient (Wildman–Crippen LogP) is 0.653. The van der Waals surface area contributed by atoms with Crippen molar-refractivity contribution in [3.63, 3.8) is 0 Å². The summed E-state index contributed by atoms with van der Waals surface area (Å²) in [4.78, 5) is 10.4. The average molecular weight is 139 g/mol. The molecule has 0 aliphatic heterocycles. The van der Waals surface area contributed by atoms with Crippen LogP contribution in [-0.4, -0.2) is 11.0 Å². The van der Waals surface area contributed by atoms with Crippen LogP contribution in [0.3, 0.4) is 0 Å². The van der Waals surface area contributed by atoms with Gasteiger partial charge >= 0.3 is 0 Å². The van der Waals surface area contributed by atoms with Crippen LogP contribution in [0.5, 0.6) is 0 Å². The van der Waals surface area contributed by atoms with Crippen LogP contribution in [0.25, 0.3) is 0 Å². The molecule has 0 atom stereocenters. The Balaban J connectivity index is 3.33. The van der Waals surface area contributed by atoms with Crippen LogP contribution in [0.15, 0.2) is 0 Å². The Morgan fingerprint density at radius 3 is 2.78 bits per heavy atom. The third-order valence-electron chi connectivity index (χ3n) is 0.461. The number of carbonyl (C=O) groups is 1. The van der Waals surface area contributed by atoms with Crippen molar-refractivity contribution in [2.75, 3.05) is 5.75 Å². The molecule has 1 N–H and O–H groups in total. The number of rotatable bonds is 1. The van der Waals surface area contributed by atoms with Gasteiger partial charge in [-0.05, 0) is 0 Å². The van der Waals surface area contributed by atoms with E-state index in [2.05, 4.69) is 11.2 Å². The molecule has 2 nitrogen and oxygen atoms in total. The van der Waals surface area contributed by atoms with Crippen molar-refractivity contribution in [2.45, 2.75) is 0 Å². The molecule has 9 heavy (non-hydrogen) atoms. The van der Waals surface area contributed by atoms with Crippen LogP contribution >= 0.6 is 11.8 Å². The van der Waals surface area contributed by atoms with Crippen molar-refractivity contribution in [3.05, 3.63) is 0 Å². The summed E-state index contributed by atoms with van der Waals surface area (Å²) < 4.78 is 0. The Labute approximate surface area is 58.4 Å². The molecular weight excluding hydrogens is 134 g/mol. The molecule has 3 heteroatoms. The van der Waals surface area contributed by atoms with E-state index < -0.39 is 0 Å². The summed E-state index contributed by atoms with van der Waals surface area (Å²) in [7, 11) is 0. The topological polar surface area (TPSA) is 29.1 Å². The Kier molecular flexibility index (Phi) is 4.49. The maximum Gasteiger partial charge on any atom is 0.291 e. The van der Waals surface area contributed by atoms with Gasteiger partial charge in [-0.2, -0.15) is 0 Å². The van der Waals surface area contributed by atoms with Gasteiger partial charge in [-0.3, -0.25) is 10.1 Å². The van der Waals surface area contributed by atoms with Crippen molar-refractivity contribution in [1.29, 1.82) is 0 Å². The zero-order valence-electron chi connectivity index (χ0n) is 4.68. The highest BCUT2D eigenvalue weighted by molar-refractivity contribution is 8.13. The van der Waals surface area contributed by atoms with Gasteiger partial charge in [0.1, 0.15) is 0 Å². The smallest absolute Gasteiger partial charge is 0.276 e. The first kappa shape index (κ1) is 7.94. The molecule has 0 fully saturated rings. The lowest BCUT2D eigenvalue weighted by molar-refractivity contribution is 0.264. The zero-order chi connectivity index (χ0) is 7.11. The minimum absolute atomic E-state index is 0.282. The van der Waals surface area contributed by atoms with Gasteiger partial charge in [0.15, 0.2) is 0 Å². The summed E-state index contributed by atoms with van der Waals surface area (Å²) >= 11 is 0.972. The second kappa shape index (κ2) is 5.08.